The number of benzene rings is 2. The molecule has 2 aromatic carbocycles. The molecule has 0 saturated carbocycles. The number of carbonyl (C=O) groups is 1. The first-order valence-electron chi connectivity index (χ1n) is 8.19. The van der Waals surface area contributed by atoms with Gasteiger partial charge in [-0.15, -0.1) is 0 Å². The van der Waals surface area contributed by atoms with Crippen molar-refractivity contribution in [3.63, 3.8) is 0 Å². The summed E-state index contributed by atoms with van der Waals surface area (Å²) >= 11 is 6.01. The van der Waals surface area contributed by atoms with Crippen molar-refractivity contribution >= 4 is 29.2 Å². The summed E-state index contributed by atoms with van der Waals surface area (Å²) in [6, 6.07) is 10.2. The fraction of sp³-hybridized carbons (Fsp3) is 0.211. The molecule has 1 atom stereocenters. The predicted octanol–water partition coefficient (Wildman–Crippen LogP) is 3.38. The van der Waals surface area contributed by atoms with Crippen LogP contribution in [-0.2, 0) is 11.2 Å². The topological polar surface area (TPSA) is 80.5 Å². The molecule has 0 fully saturated rings. The van der Waals surface area contributed by atoms with Gasteiger partial charge in [-0.2, -0.15) is 9.98 Å². The van der Waals surface area contributed by atoms with E-state index in [0.717, 1.165) is 5.56 Å². The molecule has 0 saturated heterocycles. The average molecular weight is 371 g/mol. The molecule has 2 aliphatic rings. The molecule has 7 heteroatoms. The third kappa shape index (κ3) is 2.82. The highest BCUT2D eigenvalue weighted by molar-refractivity contribution is 6.30. The van der Waals surface area contributed by atoms with Crippen LogP contribution in [0, 0.1) is 5.92 Å². The van der Waals surface area contributed by atoms with E-state index in [1.165, 1.54) is 0 Å². The number of phenols is 1. The molecule has 2 aromatic rings. The normalized spacial score (nSPS) is 18.2. The second kappa shape index (κ2) is 6.46. The summed E-state index contributed by atoms with van der Waals surface area (Å²) < 4.78 is 11.2. The number of aliphatic imine (C=N–C) groups is 2. The minimum absolute atomic E-state index is 0.105. The van der Waals surface area contributed by atoms with Crippen LogP contribution >= 0.6 is 11.6 Å². The SMILES string of the molecule is CCOc1cccc(C2=NC(=O)C3Cc4cc(Cl)ccc4OC3=N2)c1O. The maximum absolute atomic E-state index is 12.5. The van der Waals surface area contributed by atoms with Crippen molar-refractivity contribution in [3.8, 4) is 17.2 Å². The third-order valence-corrected chi connectivity index (χ3v) is 4.46. The van der Waals surface area contributed by atoms with Crippen molar-refractivity contribution in [1.82, 2.24) is 0 Å². The first-order valence-corrected chi connectivity index (χ1v) is 8.57. The van der Waals surface area contributed by atoms with E-state index in [-0.39, 0.29) is 23.4 Å². The van der Waals surface area contributed by atoms with Gasteiger partial charge in [-0.05, 0) is 49.2 Å². The van der Waals surface area contributed by atoms with E-state index in [2.05, 4.69) is 9.98 Å². The van der Waals surface area contributed by atoms with Gasteiger partial charge in [0.2, 0.25) is 5.90 Å². The summed E-state index contributed by atoms with van der Waals surface area (Å²) in [7, 11) is 0. The minimum Gasteiger partial charge on any atom is -0.504 e. The Balaban J connectivity index is 1.73. The number of carbonyl (C=O) groups excluding carboxylic acids is 1. The molecule has 2 heterocycles. The van der Waals surface area contributed by atoms with E-state index < -0.39 is 5.92 Å². The summed E-state index contributed by atoms with van der Waals surface area (Å²) in [4.78, 5) is 21.0. The summed E-state index contributed by atoms with van der Waals surface area (Å²) in [6.07, 6.45) is 0.426. The smallest absolute Gasteiger partial charge is 0.260 e. The molecule has 0 radical (unpaired) electrons. The third-order valence-electron chi connectivity index (χ3n) is 4.23. The molecule has 0 spiro atoms. The van der Waals surface area contributed by atoms with Gasteiger partial charge >= 0.3 is 0 Å². The highest BCUT2D eigenvalue weighted by atomic mass is 35.5. The fourth-order valence-corrected chi connectivity index (χ4v) is 3.19. The monoisotopic (exact) mass is 370 g/mol. The van der Waals surface area contributed by atoms with Gasteiger partial charge in [0.15, 0.2) is 17.3 Å². The number of amidine groups is 1. The van der Waals surface area contributed by atoms with E-state index in [0.29, 0.717) is 35.1 Å². The van der Waals surface area contributed by atoms with Gasteiger partial charge in [0.25, 0.3) is 5.91 Å². The highest BCUT2D eigenvalue weighted by Crippen LogP contribution is 2.35. The van der Waals surface area contributed by atoms with E-state index in [9.17, 15) is 9.90 Å². The summed E-state index contributed by atoms with van der Waals surface area (Å²) in [5.74, 6) is 0.261. The molecular formula is C19H15ClN2O4. The number of phenolic OH excluding ortho intramolecular Hbond substituents is 1. The number of amides is 1. The molecule has 1 unspecified atom stereocenters. The second-order valence-electron chi connectivity index (χ2n) is 5.92. The number of nitrogens with zero attached hydrogens (tertiary/aromatic N) is 2. The number of halogens is 1. The lowest BCUT2D eigenvalue weighted by molar-refractivity contribution is -0.120. The first-order chi connectivity index (χ1) is 12.6. The van der Waals surface area contributed by atoms with Crippen LogP contribution in [0.4, 0.5) is 0 Å². The Labute approximate surface area is 154 Å². The number of para-hydroxylation sites is 1. The zero-order chi connectivity index (χ0) is 18.3. The Kier molecular flexibility index (Phi) is 4.12. The fourth-order valence-electron chi connectivity index (χ4n) is 3.00. The van der Waals surface area contributed by atoms with Gasteiger partial charge in [0.05, 0.1) is 12.2 Å². The lowest BCUT2D eigenvalue weighted by Gasteiger charge is -2.27. The quantitative estimate of drug-likeness (QED) is 0.898. The molecular weight excluding hydrogens is 356 g/mol. The van der Waals surface area contributed by atoms with Gasteiger partial charge in [-0.1, -0.05) is 17.7 Å². The summed E-state index contributed by atoms with van der Waals surface area (Å²) in [5, 5.41) is 11.0. The minimum atomic E-state index is -0.582. The lowest BCUT2D eigenvalue weighted by atomic mass is 9.94. The maximum Gasteiger partial charge on any atom is 0.260 e. The average Bonchev–Trinajstić information content (AvgIpc) is 2.62. The van der Waals surface area contributed by atoms with Crippen LogP contribution in [0.3, 0.4) is 0 Å². The van der Waals surface area contributed by atoms with Gasteiger partial charge < -0.3 is 14.6 Å². The van der Waals surface area contributed by atoms with Crippen LogP contribution in [0.25, 0.3) is 0 Å². The number of hydrogen-bond acceptors (Lipinski definition) is 5. The number of rotatable bonds is 3. The Bertz CT molecular complexity index is 968. The Hall–Kier alpha value is -2.86. The van der Waals surface area contributed by atoms with Crippen molar-refractivity contribution < 1.29 is 19.4 Å². The van der Waals surface area contributed by atoms with Crippen molar-refractivity contribution in [2.24, 2.45) is 15.9 Å². The molecule has 4 rings (SSSR count). The number of fused-ring (bicyclic) bond motifs is 2. The van der Waals surface area contributed by atoms with E-state index >= 15 is 0 Å². The molecule has 1 N–H and O–H groups in total. The van der Waals surface area contributed by atoms with Crippen molar-refractivity contribution in [3.05, 3.63) is 52.5 Å². The van der Waals surface area contributed by atoms with Crippen molar-refractivity contribution in [2.45, 2.75) is 13.3 Å². The van der Waals surface area contributed by atoms with Crippen molar-refractivity contribution in [1.29, 1.82) is 0 Å². The number of hydrogen-bond donors (Lipinski definition) is 1. The molecule has 0 aliphatic carbocycles. The van der Waals surface area contributed by atoms with E-state index in [4.69, 9.17) is 21.1 Å². The van der Waals surface area contributed by atoms with Crippen LogP contribution in [0.2, 0.25) is 5.02 Å². The molecule has 0 aromatic heterocycles. The standard InChI is InChI=1S/C19H15ClN2O4/c1-2-25-15-5-3-4-12(16(15)23)17-21-18(24)13-9-10-8-11(20)6-7-14(10)26-19(13)22-17/h3-8,13,23H,2,9H2,1H3. The summed E-state index contributed by atoms with van der Waals surface area (Å²) in [6.45, 7) is 2.22. The molecule has 1 amide bonds. The zero-order valence-electron chi connectivity index (χ0n) is 13.9. The van der Waals surface area contributed by atoms with Gasteiger partial charge in [0.1, 0.15) is 11.7 Å². The lowest BCUT2D eigenvalue weighted by Crippen LogP contribution is -2.37. The second-order valence-corrected chi connectivity index (χ2v) is 6.36. The van der Waals surface area contributed by atoms with Gasteiger partial charge in [-0.3, -0.25) is 4.79 Å². The Morgan fingerprint density at radius 1 is 1.31 bits per heavy atom. The van der Waals surface area contributed by atoms with Gasteiger partial charge in [-0.25, -0.2) is 0 Å². The predicted molar refractivity (Wildman–Crippen MR) is 97.5 cm³/mol. The molecule has 2 aliphatic heterocycles. The van der Waals surface area contributed by atoms with E-state index in [1.54, 1.807) is 36.4 Å². The van der Waals surface area contributed by atoms with E-state index in [1.807, 2.05) is 6.92 Å². The maximum atomic E-state index is 12.5. The van der Waals surface area contributed by atoms with Gasteiger partial charge in [0, 0.05) is 5.02 Å². The number of aromatic hydroxyl groups is 1. The van der Waals surface area contributed by atoms with Crippen LogP contribution in [-0.4, -0.2) is 29.4 Å². The molecule has 0 bridgehead atoms. The van der Waals surface area contributed by atoms with Crippen LogP contribution in [0.1, 0.15) is 18.1 Å². The Morgan fingerprint density at radius 2 is 2.15 bits per heavy atom. The Morgan fingerprint density at radius 3 is 2.96 bits per heavy atom. The first kappa shape index (κ1) is 16.6. The molecule has 6 nitrogen and oxygen atoms in total. The molecule has 26 heavy (non-hydrogen) atoms. The zero-order valence-corrected chi connectivity index (χ0v) is 14.7. The van der Waals surface area contributed by atoms with Crippen LogP contribution < -0.4 is 9.47 Å². The summed E-state index contributed by atoms with van der Waals surface area (Å²) in [5.41, 5.74) is 1.16. The van der Waals surface area contributed by atoms with Crippen LogP contribution in [0.15, 0.2) is 46.4 Å². The highest BCUT2D eigenvalue weighted by Gasteiger charge is 2.36. The van der Waals surface area contributed by atoms with Crippen LogP contribution in [0.5, 0.6) is 17.2 Å². The number of ether oxygens (including phenoxy) is 2. The molecule has 132 valence electrons. The largest absolute Gasteiger partial charge is 0.504 e. The van der Waals surface area contributed by atoms with Crippen molar-refractivity contribution in [2.75, 3.05) is 6.61 Å².